The summed E-state index contributed by atoms with van der Waals surface area (Å²) >= 11 is 0. The summed E-state index contributed by atoms with van der Waals surface area (Å²) in [7, 11) is 0. The molecule has 15 heavy (non-hydrogen) atoms. The van der Waals surface area contributed by atoms with Crippen molar-refractivity contribution in [3.05, 3.63) is 18.5 Å². The van der Waals surface area contributed by atoms with Crippen molar-refractivity contribution >= 4 is 6.09 Å². The number of ether oxygens (including phenoxy) is 1. The van der Waals surface area contributed by atoms with Gasteiger partial charge >= 0.3 is 6.09 Å². The largest absolute Gasteiger partial charge is 0.444 e. The lowest BCUT2D eigenvalue weighted by Gasteiger charge is -2.19. The summed E-state index contributed by atoms with van der Waals surface area (Å²) in [5.41, 5.74) is -0.455. The van der Waals surface area contributed by atoms with Crippen LogP contribution in [0.15, 0.2) is 12.3 Å². The van der Waals surface area contributed by atoms with Gasteiger partial charge in [-0.15, -0.1) is 0 Å². The van der Waals surface area contributed by atoms with Crippen molar-refractivity contribution in [1.82, 2.24) is 15.1 Å². The molecule has 1 amide bonds. The summed E-state index contributed by atoms with van der Waals surface area (Å²) in [4.78, 5) is 11.2. The molecule has 0 fully saturated rings. The van der Waals surface area contributed by atoms with Crippen molar-refractivity contribution in [3.63, 3.8) is 0 Å². The Morgan fingerprint density at radius 1 is 1.60 bits per heavy atom. The van der Waals surface area contributed by atoms with Crippen LogP contribution in [0.3, 0.4) is 0 Å². The van der Waals surface area contributed by atoms with E-state index in [9.17, 15) is 4.79 Å². The minimum atomic E-state index is -0.455. The van der Waals surface area contributed by atoms with E-state index >= 15 is 0 Å². The summed E-state index contributed by atoms with van der Waals surface area (Å²) in [5.74, 6) is 0. The molecule has 5 heteroatoms. The van der Waals surface area contributed by atoms with Crippen LogP contribution in [0.2, 0.25) is 0 Å². The molecule has 5 nitrogen and oxygen atoms in total. The molecule has 0 unspecified atom stereocenters. The normalized spacial score (nSPS) is 11.1. The fourth-order valence-corrected chi connectivity index (χ4v) is 0.971. The number of carbonyl (C=O) groups is 1. The molecular weight excluding hydrogens is 194 g/mol. The van der Waals surface area contributed by atoms with Gasteiger partial charge in [-0.3, -0.25) is 4.68 Å². The van der Waals surface area contributed by atoms with Gasteiger partial charge < -0.3 is 10.1 Å². The molecular formula is C10H16N3O2. The number of amides is 1. The lowest BCUT2D eigenvalue weighted by atomic mass is 10.2. The average Bonchev–Trinajstić information content (AvgIpc) is 2.53. The Labute approximate surface area is 89.4 Å². The zero-order valence-electron chi connectivity index (χ0n) is 9.28. The van der Waals surface area contributed by atoms with Gasteiger partial charge in [-0.1, -0.05) is 0 Å². The van der Waals surface area contributed by atoms with E-state index < -0.39 is 11.7 Å². The van der Waals surface area contributed by atoms with Crippen LogP contribution in [0.5, 0.6) is 0 Å². The third-order valence-electron chi connectivity index (χ3n) is 1.52. The fourth-order valence-electron chi connectivity index (χ4n) is 0.971. The Kier molecular flexibility index (Phi) is 3.71. The Morgan fingerprint density at radius 2 is 2.33 bits per heavy atom. The molecule has 0 saturated heterocycles. The summed E-state index contributed by atoms with van der Waals surface area (Å²) in [6.45, 7) is 6.59. The predicted molar refractivity (Wildman–Crippen MR) is 55.3 cm³/mol. The smallest absolute Gasteiger partial charge is 0.407 e. The van der Waals surface area contributed by atoms with Crippen LogP contribution in [0, 0.1) is 6.20 Å². The summed E-state index contributed by atoms with van der Waals surface area (Å²) in [5, 5.41) is 6.53. The van der Waals surface area contributed by atoms with Crippen LogP contribution in [0.25, 0.3) is 0 Å². The maximum atomic E-state index is 11.2. The second-order valence-corrected chi connectivity index (χ2v) is 4.14. The summed E-state index contributed by atoms with van der Waals surface area (Å²) < 4.78 is 6.76. The molecule has 0 aromatic carbocycles. The first-order valence-corrected chi connectivity index (χ1v) is 4.84. The van der Waals surface area contributed by atoms with E-state index in [1.807, 2.05) is 20.8 Å². The molecule has 1 radical (unpaired) electrons. The van der Waals surface area contributed by atoms with Gasteiger partial charge in [-0.25, -0.2) is 4.79 Å². The van der Waals surface area contributed by atoms with Gasteiger partial charge in [0.25, 0.3) is 0 Å². The number of nitrogens with zero attached hydrogens (tertiary/aromatic N) is 2. The van der Waals surface area contributed by atoms with Crippen molar-refractivity contribution in [3.8, 4) is 0 Å². The van der Waals surface area contributed by atoms with Gasteiger partial charge in [-0.05, 0) is 26.8 Å². The number of alkyl carbamates (subject to hydrolysis) is 1. The molecule has 0 saturated carbocycles. The highest BCUT2D eigenvalue weighted by Gasteiger charge is 2.15. The monoisotopic (exact) mass is 210 g/mol. The van der Waals surface area contributed by atoms with E-state index in [4.69, 9.17) is 4.74 Å². The van der Waals surface area contributed by atoms with Gasteiger partial charge in [0.05, 0.1) is 6.54 Å². The van der Waals surface area contributed by atoms with Crippen LogP contribution in [0.4, 0.5) is 4.79 Å². The molecule has 0 aliphatic rings. The predicted octanol–water partition coefficient (Wildman–Crippen LogP) is 1.21. The van der Waals surface area contributed by atoms with Crippen molar-refractivity contribution in [1.29, 1.82) is 0 Å². The molecule has 1 rings (SSSR count). The Bertz CT molecular complexity index is 301. The number of aromatic nitrogens is 2. The third-order valence-corrected chi connectivity index (χ3v) is 1.52. The summed E-state index contributed by atoms with van der Waals surface area (Å²) in [6.07, 6.45) is 4.06. The molecule has 0 spiro atoms. The van der Waals surface area contributed by atoms with Crippen LogP contribution in [-0.4, -0.2) is 28.0 Å². The highest BCUT2D eigenvalue weighted by Crippen LogP contribution is 2.06. The summed E-state index contributed by atoms with van der Waals surface area (Å²) in [6, 6.07) is 1.72. The van der Waals surface area contributed by atoms with E-state index in [0.29, 0.717) is 13.1 Å². The molecule has 1 heterocycles. The van der Waals surface area contributed by atoms with Crippen LogP contribution >= 0.6 is 0 Å². The van der Waals surface area contributed by atoms with Crippen LogP contribution < -0.4 is 5.32 Å². The number of nitrogens with one attached hydrogen (secondary N) is 1. The molecule has 1 aromatic rings. The Balaban J connectivity index is 2.18. The van der Waals surface area contributed by atoms with Crippen molar-refractivity contribution in [2.75, 3.05) is 6.54 Å². The standard InChI is InChI=1S/C10H16N3O2/c1-10(2,3)15-9(14)11-6-8-13-7-4-5-12-13/h4,7H,6,8H2,1-3H3,(H,11,14). The number of carbonyl (C=O) groups excluding carboxylic acids is 1. The van der Waals surface area contributed by atoms with Gasteiger partial charge in [0, 0.05) is 12.7 Å². The average molecular weight is 210 g/mol. The van der Waals surface area contributed by atoms with E-state index in [1.165, 1.54) is 0 Å². The fraction of sp³-hybridized carbons (Fsp3) is 0.600. The molecule has 0 atom stereocenters. The first kappa shape index (κ1) is 11.6. The SMILES string of the molecule is CC(C)(C)OC(=O)NCCn1cc[c]n1. The molecule has 0 bridgehead atoms. The first-order valence-electron chi connectivity index (χ1n) is 4.84. The Hall–Kier alpha value is -1.52. The van der Waals surface area contributed by atoms with Crippen molar-refractivity contribution in [2.24, 2.45) is 0 Å². The first-order chi connectivity index (χ1) is 6.97. The van der Waals surface area contributed by atoms with E-state index in [2.05, 4.69) is 16.6 Å². The second kappa shape index (κ2) is 4.82. The molecule has 1 aromatic heterocycles. The minimum absolute atomic E-state index is 0.404. The molecule has 0 aliphatic carbocycles. The highest BCUT2D eigenvalue weighted by molar-refractivity contribution is 5.67. The van der Waals surface area contributed by atoms with Crippen molar-refractivity contribution < 1.29 is 9.53 Å². The number of rotatable bonds is 3. The second-order valence-electron chi connectivity index (χ2n) is 4.14. The van der Waals surface area contributed by atoms with Crippen LogP contribution in [0.1, 0.15) is 20.8 Å². The molecule has 0 aliphatic heterocycles. The van der Waals surface area contributed by atoms with E-state index in [-0.39, 0.29) is 0 Å². The minimum Gasteiger partial charge on any atom is -0.444 e. The van der Waals surface area contributed by atoms with Gasteiger partial charge in [0.2, 0.25) is 0 Å². The zero-order valence-corrected chi connectivity index (χ0v) is 9.28. The maximum Gasteiger partial charge on any atom is 0.407 e. The quantitative estimate of drug-likeness (QED) is 0.815. The van der Waals surface area contributed by atoms with E-state index in [0.717, 1.165) is 0 Å². The van der Waals surface area contributed by atoms with Gasteiger partial charge in [0.1, 0.15) is 11.8 Å². The van der Waals surface area contributed by atoms with Crippen LogP contribution in [-0.2, 0) is 11.3 Å². The topological polar surface area (TPSA) is 56.1 Å². The lowest BCUT2D eigenvalue weighted by Crippen LogP contribution is -2.34. The molecule has 83 valence electrons. The van der Waals surface area contributed by atoms with Gasteiger partial charge in [-0.2, -0.15) is 5.10 Å². The van der Waals surface area contributed by atoms with Crippen molar-refractivity contribution in [2.45, 2.75) is 32.9 Å². The maximum absolute atomic E-state index is 11.2. The molecule has 1 N–H and O–H groups in total. The zero-order chi connectivity index (χ0) is 11.3. The third kappa shape index (κ3) is 5.05. The lowest BCUT2D eigenvalue weighted by molar-refractivity contribution is 0.0525. The Morgan fingerprint density at radius 3 is 2.87 bits per heavy atom. The van der Waals surface area contributed by atoms with Gasteiger partial charge in [0.15, 0.2) is 0 Å². The van der Waals surface area contributed by atoms with E-state index in [1.54, 1.807) is 16.9 Å². The number of hydrogen-bond donors (Lipinski definition) is 1. The number of hydrogen-bond acceptors (Lipinski definition) is 3. The highest BCUT2D eigenvalue weighted by atomic mass is 16.6.